The number of hydrogen-bond donors (Lipinski definition) is 6. The molecule has 1 aliphatic rings. The zero-order valence-electron chi connectivity index (χ0n) is 42.3. The molecule has 1 fully saturated rings. The SMILES string of the molecule is CCCCCCCCCCCCCCCCCCCCCCCC/C=C/C(O)C(COC1OC(CO)C(O)C(OS(=O)(=O)O)C1O)NC(=O)CCCCCCCCCCCCCCCCC. The summed E-state index contributed by atoms with van der Waals surface area (Å²) in [5.74, 6) is -0.258. The smallest absolute Gasteiger partial charge is 0.394 e. The Kier molecular flexibility index (Phi) is 41.7. The van der Waals surface area contributed by atoms with Crippen LogP contribution in [0.15, 0.2) is 12.2 Å². The highest BCUT2D eigenvalue weighted by molar-refractivity contribution is 7.80. The number of nitrogens with one attached hydrogen (secondary N) is 1. The Morgan fingerprint density at radius 3 is 1.32 bits per heavy atom. The summed E-state index contributed by atoms with van der Waals surface area (Å²) in [4.78, 5) is 13.1. The maximum Gasteiger partial charge on any atom is 0.397 e. The molecule has 1 aliphatic heterocycles. The minimum Gasteiger partial charge on any atom is -0.394 e. The lowest BCUT2D eigenvalue weighted by Crippen LogP contribution is -2.61. The minimum absolute atomic E-state index is 0.258. The van der Waals surface area contributed by atoms with Gasteiger partial charge >= 0.3 is 10.4 Å². The number of carbonyl (C=O) groups excluding carboxylic acids is 1. The summed E-state index contributed by atoms with van der Waals surface area (Å²) >= 11 is 0. The molecular weight excluding hydrogens is 859 g/mol. The number of hydrogen-bond acceptors (Lipinski definition) is 10. The third kappa shape index (κ3) is 35.9. The first kappa shape index (κ1) is 62.9. The van der Waals surface area contributed by atoms with Crippen molar-refractivity contribution in [1.82, 2.24) is 5.32 Å². The van der Waals surface area contributed by atoms with Gasteiger partial charge in [-0.05, 0) is 19.3 Å². The lowest BCUT2D eigenvalue weighted by atomic mass is 9.99. The van der Waals surface area contributed by atoms with Crippen molar-refractivity contribution < 1.29 is 51.8 Å². The summed E-state index contributed by atoms with van der Waals surface area (Å²) in [6, 6.07) is -0.939. The predicted molar refractivity (Wildman–Crippen MR) is 269 cm³/mol. The van der Waals surface area contributed by atoms with Gasteiger partial charge in [-0.15, -0.1) is 0 Å². The third-order valence-corrected chi connectivity index (χ3v) is 13.8. The molecule has 0 saturated carbocycles. The lowest BCUT2D eigenvalue weighted by Gasteiger charge is -2.41. The van der Waals surface area contributed by atoms with E-state index in [2.05, 4.69) is 23.3 Å². The molecule has 0 aromatic carbocycles. The van der Waals surface area contributed by atoms with Crippen LogP contribution >= 0.6 is 0 Å². The van der Waals surface area contributed by atoms with Crippen LogP contribution in [0.4, 0.5) is 0 Å². The van der Waals surface area contributed by atoms with E-state index >= 15 is 0 Å². The van der Waals surface area contributed by atoms with E-state index in [4.69, 9.17) is 9.47 Å². The molecule has 66 heavy (non-hydrogen) atoms. The monoisotopic (exact) mass is 962 g/mol. The highest BCUT2D eigenvalue weighted by Gasteiger charge is 2.48. The molecule has 1 rings (SSSR count). The maximum absolute atomic E-state index is 13.1. The van der Waals surface area contributed by atoms with Gasteiger partial charge in [-0.3, -0.25) is 9.35 Å². The van der Waals surface area contributed by atoms with Gasteiger partial charge < -0.3 is 35.2 Å². The van der Waals surface area contributed by atoms with Gasteiger partial charge in [0.25, 0.3) is 0 Å². The molecule has 12 nitrogen and oxygen atoms in total. The standard InChI is InChI=1S/C53H103NO11S/c1-3-5-7-9-11-13-15-17-19-20-21-22-23-24-25-26-27-29-30-32-34-36-38-40-42-47(56)46(45-63-53-51(59)52(65-66(60,61)62)50(58)48(44-55)64-53)54-49(57)43-41-39-37-35-33-31-28-18-16-14-12-10-8-6-4-2/h40,42,46-48,50-53,55-56,58-59H,3-39,41,43-45H2,1-2H3,(H,54,57)(H,60,61,62)/b42-40+. The Bertz CT molecular complexity index is 1220. The van der Waals surface area contributed by atoms with Crippen molar-refractivity contribution in [2.24, 2.45) is 0 Å². The Balaban J connectivity index is 2.38. The maximum atomic E-state index is 13.1. The molecule has 6 N–H and O–H groups in total. The van der Waals surface area contributed by atoms with Crippen LogP contribution in [0.5, 0.6) is 0 Å². The van der Waals surface area contributed by atoms with E-state index in [0.717, 1.165) is 38.5 Å². The normalized spacial score (nSPS) is 20.0. The van der Waals surface area contributed by atoms with Crippen LogP contribution in [0, 0.1) is 0 Å². The molecule has 1 saturated heterocycles. The van der Waals surface area contributed by atoms with Gasteiger partial charge in [0.2, 0.25) is 5.91 Å². The first-order chi connectivity index (χ1) is 32.0. The molecule has 7 atom stereocenters. The minimum atomic E-state index is -5.08. The molecule has 0 aromatic rings. The predicted octanol–water partition coefficient (Wildman–Crippen LogP) is 12.3. The molecule has 0 bridgehead atoms. The van der Waals surface area contributed by atoms with Gasteiger partial charge in [0, 0.05) is 6.42 Å². The lowest BCUT2D eigenvalue weighted by molar-refractivity contribution is -0.298. The van der Waals surface area contributed by atoms with E-state index in [0.29, 0.717) is 6.42 Å². The zero-order valence-corrected chi connectivity index (χ0v) is 43.1. The Morgan fingerprint density at radius 1 is 0.591 bits per heavy atom. The summed E-state index contributed by atoms with van der Waals surface area (Å²) < 4.78 is 47.8. The first-order valence-electron chi connectivity index (χ1n) is 27.6. The molecule has 7 unspecified atom stereocenters. The Morgan fingerprint density at radius 2 is 0.955 bits per heavy atom. The van der Waals surface area contributed by atoms with Gasteiger partial charge in [-0.2, -0.15) is 8.42 Å². The van der Waals surface area contributed by atoms with E-state index in [1.54, 1.807) is 6.08 Å². The van der Waals surface area contributed by atoms with E-state index in [1.807, 2.05) is 6.08 Å². The summed E-state index contributed by atoms with van der Waals surface area (Å²) in [7, 11) is -5.08. The van der Waals surface area contributed by atoms with Crippen LogP contribution < -0.4 is 5.32 Å². The Labute approximate surface area is 404 Å². The second-order valence-corrected chi connectivity index (χ2v) is 20.6. The largest absolute Gasteiger partial charge is 0.397 e. The van der Waals surface area contributed by atoms with Crippen LogP contribution in [0.3, 0.4) is 0 Å². The third-order valence-electron chi connectivity index (χ3n) is 13.3. The molecule has 0 spiro atoms. The second kappa shape index (κ2) is 43.8. The van der Waals surface area contributed by atoms with Gasteiger partial charge in [-0.25, -0.2) is 4.18 Å². The van der Waals surface area contributed by atoms with Crippen molar-refractivity contribution in [2.45, 2.75) is 307 Å². The highest BCUT2D eigenvalue weighted by Crippen LogP contribution is 2.26. The number of allylic oxidation sites excluding steroid dienone is 1. The molecule has 1 heterocycles. The van der Waals surface area contributed by atoms with Crippen LogP contribution in [0.2, 0.25) is 0 Å². The highest BCUT2D eigenvalue weighted by atomic mass is 32.3. The van der Waals surface area contributed by atoms with E-state index in [1.165, 1.54) is 199 Å². The Hall–Kier alpha value is -1.16. The van der Waals surface area contributed by atoms with E-state index in [-0.39, 0.29) is 18.9 Å². The molecule has 392 valence electrons. The van der Waals surface area contributed by atoms with Crippen molar-refractivity contribution >= 4 is 16.3 Å². The van der Waals surface area contributed by atoms with Crippen LogP contribution in [-0.2, 0) is 28.9 Å². The van der Waals surface area contributed by atoms with Gasteiger partial charge in [-0.1, -0.05) is 251 Å². The number of aliphatic hydroxyl groups excluding tert-OH is 4. The number of carbonyl (C=O) groups is 1. The summed E-state index contributed by atoms with van der Waals surface area (Å²) in [6.07, 6.45) is 42.5. The zero-order chi connectivity index (χ0) is 48.4. The van der Waals surface area contributed by atoms with Gasteiger partial charge in [0.05, 0.1) is 25.4 Å². The topological polar surface area (TPSA) is 192 Å². The van der Waals surface area contributed by atoms with Gasteiger partial charge in [0.15, 0.2) is 6.29 Å². The molecular formula is C53H103NO11S. The van der Waals surface area contributed by atoms with Crippen LogP contribution in [0.25, 0.3) is 0 Å². The van der Waals surface area contributed by atoms with Crippen molar-refractivity contribution in [1.29, 1.82) is 0 Å². The molecule has 0 radical (unpaired) electrons. The van der Waals surface area contributed by atoms with Crippen molar-refractivity contribution in [3.63, 3.8) is 0 Å². The summed E-state index contributed by atoms with van der Waals surface area (Å²) in [5, 5.41) is 44.9. The number of rotatable bonds is 48. The van der Waals surface area contributed by atoms with Crippen LogP contribution in [-0.4, -0.2) is 95.4 Å². The number of unbranched alkanes of at least 4 members (excludes halogenated alkanes) is 36. The van der Waals surface area contributed by atoms with Crippen molar-refractivity contribution in [2.75, 3.05) is 13.2 Å². The number of ether oxygens (including phenoxy) is 2. The van der Waals surface area contributed by atoms with Crippen LogP contribution in [0.1, 0.15) is 264 Å². The average Bonchev–Trinajstić information content (AvgIpc) is 3.29. The van der Waals surface area contributed by atoms with Gasteiger partial charge in [0.1, 0.15) is 24.4 Å². The fraction of sp³-hybridized carbons (Fsp3) is 0.943. The first-order valence-corrected chi connectivity index (χ1v) is 28.9. The molecule has 13 heteroatoms. The number of aliphatic hydroxyl groups is 4. The van der Waals surface area contributed by atoms with E-state index < -0.39 is 59.9 Å². The van der Waals surface area contributed by atoms with Crippen molar-refractivity contribution in [3.8, 4) is 0 Å². The molecule has 0 aromatic heterocycles. The van der Waals surface area contributed by atoms with E-state index in [9.17, 15) is 38.2 Å². The molecule has 1 amide bonds. The summed E-state index contributed by atoms with van der Waals surface area (Å²) in [6.45, 7) is 3.43. The fourth-order valence-corrected chi connectivity index (χ4v) is 9.55. The van der Waals surface area contributed by atoms with Crippen molar-refractivity contribution in [3.05, 3.63) is 12.2 Å². The summed E-state index contributed by atoms with van der Waals surface area (Å²) in [5.41, 5.74) is 0. The second-order valence-electron chi connectivity index (χ2n) is 19.5. The molecule has 0 aliphatic carbocycles. The average molecular weight is 962 g/mol. The fourth-order valence-electron chi connectivity index (χ4n) is 9.05. The number of amides is 1. The quantitative estimate of drug-likeness (QED) is 0.0193.